The van der Waals surface area contributed by atoms with Gasteiger partial charge in [0.2, 0.25) is 11.8 Å². The van der Waals surface area contributed by atoms with Gasteiger partial charge in [-0.05, 0) is 42.5 Å². The molecular formula is C32H38N6O4. The highest BCUT2D eigenvalue weighted by Crippen LogP contribution is 2.43. The van der Waals surface area contributed by atoms with Gasteiger partial charge in [0.15, 0.2) is 0 Å². The average Bonchev–Trinajstić information content (AvgIpc) is 3.28. The first-order valence-corrected chi connectivity index (χ1v) is 13.4. The summed E-state index contributed by atoms with van der Waals surface area (Å²) in [5.41, 5.74) is 7.13. The minimum Gasteiger partial charge on any atom is -0.494 e. The van der Waals surface area contributed by atoms with Crippen LogP contribution in [0.25, 0.3) is 33.9 Å². The summed E-state index contributed by atoms with van der Waals surface area (Å²) in [7, 11) is 12.9. The van der Waals surface area contributed by atoms with Crippen LogP contribution in [0.15, 0.2) is 54.6 Å². The highest BCUT2D eigenvalue weighted by atomic mass is 16.5. The summed E-state index contributed by atoms with van der Waals surface area (Å²) in [6.07, 6.45) is 0. The molecule has 0 aliphatic carbocycles. The SMILES string of the molecule is COc1cc(-c2nc(-c3ccc(N(C)C)cc3NC(C)=O)c(-c3ccc(N(C)C)cc3)n2C)cc(OC)c1NC(C)=O. The lowest BCUT2D eigenvalue weighted by Crippen LogP contribution is -2.11. The van der Waals surface area contributed by atoms with Crippen LogP contribution in [0.1, 0.15) is 13.8 Å². The topological polar surface area (TPSA) is 101 Å². The third kappa shape index (κ3) is 6.02. The molecule has 2 N–H and O–H groups in total. The van der Waals surface area contributed by atoms with E-state index in [9.17, 15) is 9.59 Å². The van der Waals surface area contributed by atoms with Crippen molar-refractivity contribution in [3.63, 3.8) is 0 Å². The van der Waals surface area contributed by atoms with Gasteiger partial charge in [-0.3, -0.25) is 9.59 Å². The molecular weight excluding hydrogens is 532 g/mol. The van der Waals surface area contributed by atoms with Crippen LogP contribution in [0.3, 0.4) is 0 Å². The van der Waals surface area contributed by atoms with Crippen molar-refractivity contribution in [2.24, 2.45) is 7.05 Å². The predicted octanol–water partition coefficient (Wildman–Crippen LogP) is 5.49. The Morgan fingerprint density at radius 2 is 1.31 bits per heavy atom. The number of hydrogen-bond donors (Lipinski definition) is 2. The maximum absolute atomic E-state index is 12.3. The van der Waals surface area contributed by atoms with E-state index >= 15 is 0 Å². The van der Waals surface area contributed by atoms with Gasteiger partial charge in [-0.15, -0.1) is 0 Å². The molecule has 1 aromatic heterocycles. The van der Waals surface area contributed by atoms with Crippen molar-refractivity contribution in [3.05, 3.63) is 54.6 Å². The second-order valence-electron chi connectivity index (χ2n) is 10.4. The first kappa shape index (κ1) is 30.0. The minimum absolute atomic E-state index is 0.178. The van der Waals surface area contributed by atoms with Gasteiger partial charge in [0.1, 0.15) is 23.0 Å². The number of amides is 2. The van der Waals surface area contributed by atoms with Gasteiger partial charge in [0.25, 0.3) is 0 Å². The Morgan fingerprint density at radius 3 is 1.81 bits per heavy atom. The number of rotatable bonds is 9. The van der Waals surface area contributed by atoms with Gasteiger partial charge >= 0.3 is 0 Å². The minimum atomic E-state index is -0.242. The molecule has 0 fully saturated rings. The van der Waals surface area contributed by atoms with Crippen LogP contribution in [0, 0.1) is 0 Å². The molecule has 220 valence electrons. The van der Waals surface area contributed by atoms with Crippen LogP contribution < -0.4 is 29.9 Å². The van der Waals surface area contributed by atoms with E-state index in [1.807, 2.05) is 79.9 Å². The van der Waals surface area contributed by atoms with Gasteiger partial charge < -0.3 is 34.5 Å². The Kier molecular flexibility index (Phi) is 8.75. The van der Waals surface area contributed by atoms with Crippen molar-refractivity contribution in [1.82, 2.24) is 9.55 Å². The summed E-state index contributed by atoms with van der Waals surface area (Å²) >= 11 is 0. The number of carbonyl (C=O) groups excluding carboxylic acids is 2. The van der Waals surface area contributed by atoms with Crippen LogP contribution >= 0.6 is 0 Å². The standard InChI is InChI=1S/C32H38N6O4/c1-19(39)33-26-18-24(37(5)6)14-15-25(26)29-31(21-10-12-23(13-11-21)36(3)4)38(7)32(35-29)22-16-27(41-8)30(34-20(2)40)28(17-22)42-9/h10-18H,1-9H3,(H,33,39)(H,34,40). The van der Waals surface area contributed by atoms with Gasteiger partial charge in [0.05, 0.1) is 31.3 Å². The maximum Gasteiger partial charge on any atom is 0.221 e. The van der Waals surface area contributed by atoms with E-state index in [4.69, 9.17) is 14.5 Å². The first-order valence-electron chi connectivity index (χ1n) is 13.4. The second-order valence-corrected chi connectivity index (χ2v) is 10.4. The Bertz CT molecular complexity index is 1600. The molecule has 0 radical (unpaired) electrons. The molecule has 4 aromatic rings. The molecule has 2 amide bonds. The number of hydrogen-bond acceptors (Lipinski definition) is 7. The third-order valence-corrected chi connectivity index (χ3v) is 6.90. The largest absolute Gasteiger partial charge is 0.494 e. The van der Waals surface area contributed by atoms with Crippen molar-refractivity contribution < 1.29 is 19.1 Å². The fraction of sp³-hybridized carbons (Fsp3) is 0.281. The molecule has 0 aliphatic rings. The van der Waals surface area contributed by atoms with E-state index in [0.29, 0.717) is 34.4 Å². The van der Waals surface area contributed by atoms with Crippen LogP contribution in [-0.4, -0.2) is 63.8 Å². The zero-order valence-corrected chi connectivity index (χ0v) is 25.6. The second kappa shape index (κ2) is 12.3. The Balaban J connectivity index is 2.02. The smallest absolute Gasteiger partial charge is 0.221 e. The normalized spacial score (nSPS) is 10.7. The number of methoxy groups -OCH3 is 2. The summed E-state index contributed by atoms with van der Waals surface area (Å²) in [5.74, 6) is 1.11. The number of ether oxygens (including phenoxy) is 2. The molecule has 0 saturated carbocycles. The lowest BCUT2D eigenvalue weighted by Gasteiger charge is -2.17. The Morgan fingerprint density at radius 1 is 0.762 bits per heavy atom. The highest BCUT2D eigenvalue weighted by Gasteiger charge is 2.24. The zero-order valence-electron chi connectivity index (χ0n) is 25.6. The van der Waals surface area contributed by atoms with E-state index in [1.54, 1.807) is 0 Å². The molecule has 4 rings (SSSR count). The monoisotopic (exact) mass is 570 g/mol. The summed E-state index contributed by atoms with van der Waals surface area (Å²) in [5, 5.41) is 5.79. The van der Waals surface area contributed by atoms with Crippen molar-refractivity contribution in [2.45, 2.75) is 13.8 Å². The van der Waals surface area contributed by atoms with E-state index in [-0.39, 0.29) is 11.8 Å². The van der Waals surface area contributed by atoms with Crippen LogP contribution in [0.5, 0.6) is 11.5 Å². The summed E-state index contributed by atoms with van der Waals surface area (Å²) in [6, 6.07) is 17.8. The van der Waals surface area contributed by atoms with E-state index in [0.717, 1.165) is 33.8 Å². The molecule has 0 atom stereocenters. The number of aromatic nitrogens is 2. The number of anilines is 4. The Labute approximate surface area is 246 Å². The maximum atomic E-state index is 12.3. The molecule has 42 heavy (non-hydrogen) atoms. The van der Waals surface area contributed by atoms with Crippen molar-refractivity contribution in [2.75, 3.05) is 62.8 Å². The number of benzene rings is 3. The van der Waals surface area contributed by atoms with Crippen molar-refractivity contribution >= 4 is 34.6 Å². The van der Waals surface area contributed by atoms with Gasteiger partial charge in [0, 0.05) is 77.2 Å². The first-order chi connectivity index (χ1) is 19.9. The zero-order chi connectivity index (χ0) is 30.7. The quantitative estimate of drug-likeness (QED) is 0.275. The van der Waals surface area contributed by atoms with E-state index < -0.39 is 0 Å². The summed E-state index contributed by atoms with van der Waals surface area (Å²) < 4.78 is 13.3. The lowest BCUT2D eigenvalue weighted by atomic mass is 10.0. The molecule has 0 bridgehead atoms. The fourth-order valence-corrected chi connectivity index (χ4v) is 4.84. The molecule has 0 aliphatic heterocycles. The molecule has 0 spiro atoms. The molecule has 3 aromatic carbocycles. The number of imidazole rings is 1. The predicted molar refractivity (Wildman–Crippen MR) is 170 cm³/mol. The van der Waals surface area contributed by atoms with E-state index in [1.165, 1.54) is 28.1 Å². The van der Waals surface area contributed by atoms with E-state index in [2.05, 4.69) is 34.9 Å². The number of carbonyl (C=O) groups is 2. The molecule has 0 saturated heterocycles. The summed E-state index contributed by atoms with van der Waals surface area (Å²) in [6.45, 7) is 2.92. The Hall–Kier alpha value is -4.99. The van der Waals surface area contributed by atoms with Gasteiger partial charge in [-0.1, -0.05) is 12.1 Å². The fourth-order valence-electron chi connectivity index (χ4n) is 4.84. The highest BCUT2D eigenvalue weighted by molar-refractivity contribution is 5.98. The van der Waals surface area contributed by atoms with Crippen molar-refractivity contribution in [3.8, 4) is 45.4 Å². The van der Waals surface area contributed by atoms with Gasteiger partial charge in [-0.25, -0.2) is 4.98 Å². The molecule has 10 heteroatoms. The van der Waals surface area contributed by atoms with Crippen LogP contribution in [0.4, 0.5) is 22.7 Å². The summed E-state index contributed by atoms with van der Waals surface area (Å²) in [4.78, 5) is 33.3. The number of nitrogens with one attached hydrogen (secondary N) is 2. The lowest BCUT2D eigenvalue weighted by molar-refractivity contribution is -0.115. The van der Waals surface area contributed by atoms with Gasteiger partial charge in [-0.2, -0.15) is 0 Å². The molecule has 1 heterocycles. The molecule has 10 nitrogen and oxygen atoms in total. The number of nitrogens with zero attached hydrogens (tertiary/aromatic N) is 4. The average molecular weight is 571 g/mol. The van der Waals surface area contributed by atoms with Crippen LogP contribution in [0.2, 0.25) is 0 Å². The third-order valence-electron chi connectivity index (χ3n) is 6.90. The van der Waals surface area contributed by atoms with Crippen LogP contribution in [-0.2, 0) is 16.6 Å². The van der Waals surface area contributed by atoms with Crippen molar-refractivity contribution in [1.29, 1.82) is 0 Å². The molecule has 0 unspecified atom stereocenters.